The predicted octanol–water partition coefficient (Wildman–Crippen LogP) is 0.697. The first-order chi connectivity index (χ1) is 4.31. The molecule has 2 N–H and O–H groups in total. The summed E-state index contributed by atoms with van der Waals surface area (Å²) in [6, 6.07) is 0. The number of hydrogen-bond donors (Lipinski definition) is 2. The van der Waals surface area contributed by atoms with Gasteiger partial charge in [-0.3, -0.25) is 4.79 Å². The molecule has 0 aliphatic carbocycles. The van der Waals surface area contributed by atoms with Gasteiger partial charge in [-0.1, -0.05) is 13.3 Å². The number of nitrogens with one attached hydrogen (secondary N) is 1. The van der Waals surface area contributed by atoms with Gasteiger partial charge in [0.25, 0.3) is 0 Å². The molecule has 1 amide bonds. The van der Waals surface area contributed by atoms with Crippen LogP contribution in [0.3, 0.4) is 0 Å². The molecule has 54 valence electrons. The molecule has 0 aromatic rings. The molecule has 0 bridgehead atoms. The first kappa shape index (κ1) is 8.39. The summed E-state index contributed by atoms with van der Waals surface area (Å²) >= 11 is 0. The third-order valence-corrected chi connectivity index (χ3v) is 0.917. The largest absolute Gasteiger partial charge is 0.273 e. The summed E-state index contributed by atoms with van der Waals surface area (Å²) < 4.78 is 0. The monoisotopic (exact) mass is 133 g/mol. The molecule has 0 unspecified atom stereocenters. The fraction of sp³-hybridized carbons (Fsp3) is 0.800. The van der Waals surface area contributed by atoms with Gasteiger partial charge in [-0.15, -0.1) is 4.99 Å². The molecular weight excluding hydrogens is 122 g/mol. The summed E-state index contributed by atoms with van der Waals surface area (Å²) in [5, 5.41) is 7.70. The number of carbonyl (C=O) groups excluding carboxylic acids is 1. The third-order valence-electron chi connectivity index (χ3n) is 0.917. The highest BCUT2D eigenvalue weighted by Gasteiger charge is 1.96. The number of hydrogen-bond acceptors (Lipinski definition) is 3. The molecule has 4 nitrogen and oxygen atoms in total. The van der Waals surface area contributed by atoms with Crippen molar-refractivity contribution >= 4 is 5.91 Å². The highest BCUT2D eigenvalue weighted by atomic mass is 17.2. The van der Waals surface area contributed by atoms with Crippen molar-refractivity contribution in [2.24, 2.45) is 0 Å². The van der Waals surface area contributed by atoms with E-state index in [4.69, 9.17) is 5.26 Å². The summed E-state index contributed by atoms with van der Waals surface area (Å²) in [6.45, 7) is 1.98. The Morgan fingerprint density at radius 3 is 2.89 bits per heavy atom. The van der Waals surface area contributed by atoms with Gasteiger partial charge >= 0.3 is 0 Å². The van der Waals surface area contributed by atoms with Gasteiger partial charge in [-0.25, -0.2) is 10.7 Å². The lowest BCUT2D eigenvalue weighted by atomic mass is 10.2. The van der Waals surface area contributed by atoms with Crippen LogP contribution in [0, 0.1) is 0 Å². The second kappa shape index (κ2) is 5.53. The van der Waals surface area contributed by atoms with Crippen molar-refractivity contribution in [3.05, 3.63) is 0 Å². The van der Waals surface area contributed by atoms with Gasteiger partial charge in [0, 0.05) is 6.42 Å². The van der Waals surface area contributed by atoms with Crippen LogP contribution in [0.25, 0.3) is 0 Å². The molecule has 0 atom stereocenters. The second-order valence-electron chi connectivity index (χ2n) is 1.72. The van der Waals surface area contributed by atoms with E-state index in [2.05, 4.69) is 4.99 Å². The highest BCUT2D eigenvalue weighted by molar-refractivity contribution is 5.74. The van der Waals surface area contributed by atoms with Crippen molar-refractivity contribution in [1.29, 1.82) is 0 Å². The zero-order valence-electron chi connectivity index (χ0n) is 5.39. The van der Waals surface area contributed by atoms with Crippen LogP contribution in [0.15, 0.2) is 0 Å². The molecule has 0 aromatic carbocycles. The fourth-order valence-corrected chi connectivity index (χ4v) is 0.439. The van der Waals surface area contributed by atoms with E-state index in [0.717, 1.165) is 12.8 Å². The van der Waals surface area contributed by atoms with Crippen LogP contribution in [0.1, 0.15) is 26.2 Å². The van der Waals surface area contributed by atoms with E-state index in [0.29, 0.717) is 6.42 Å². The number of hydroxylamine groups is 1. The van der Waals surface area contributed by atoms with Gasteiger partial charge in [0.2, 0.25) is 5.91 Å². The molecule has 0 radical (unpaired) electrons. The van der Waals surface area contributed by atoms with Crippen LogP contribution in [0.5, 0.6) is 0 Å². The minimum absolute atomic E-state index is 0.292. The summed E-state index contributed by atoms with van der Waals surface area (Å²) in [4.78, 5) is 13.8. The normalized spacial score (nSPS) is 9.11. The highest BCUT2D eigenvalue weighted by Crippen LogP contribution is 1.91. The van der Waals surface area contributed by atoms with Crippen molar-refractivity contribution in [3.8, 4) is 0 Å². The van der Waals surface area contributed by atoms with Crippen molar-refractivity contribution in [2.45, 2.75) is 26.2 Å². The van der Waals surface area contributed by atoms with Crippen LogP contribution >= 0.6 is 0 Å². The van der Waals surface area contributed by atoms with Crippen molar-refractivity contribution in [1.82, 2.24) is 5.48 Å². The Bertz CT molecular complexity index is 84.3. The van der Waals surface area contributed by atoms with E-state index < -0.39 is 0 Å². The fourth-order valence-electron chi connectivity index (χ4n) is 0.439. The van der Waals surface area contributed by atoms with Crippen LogP contribution in [-0.4, -0.2) is 11.2 Å². The molecule has 0 rings (SSSR count). The average Bonchev–Trinajstić information content (AvgIpc) is 1.85. The van der Waals surface area contributed by atoms with E-state index >= 15 is 0 Å². The second-order valence-corrected chi connectivity index (χ2v) is 1.72. The maximum atomic E-state index is 10.4. The van der Waals surface area contributed by atoms with Gasteiger partial charge in [-0.05, 0) is 6.42 Å². The first-order valence-corrected chi connectivity index (χ1v) is 2.90. The average molecular weight is 133 g/mol. The van der Waals surface area contributed by atoms with Crippen LogP contribution in [0.2, 0.25) is 0 Å². The van der Waals surface area contributed by atoms with Crippen molar-refractivity contribution < 1.29 is 15.0 Å². The van der Waals surface area contributed by atoms with Crippen LogP contribution in [-0.2, 0) is 9.78 Å². The molecule has 9 heavy (non-hydrogen) atoms. The van der Waals surface area contributed by atoms with E-state index in [9.17, 15) is 4.79 Å². The molecule has 0 heterocycles. The Hall–Kier alpha value is -0.610. The van der Waals surface area contributed by atoms with E-state index in [1.807, 2.05) is 6.92 Å². The minimum atomic E-state index is -0.292. The summed E-state index contributed by atoms with van der Waals surface area (Å²) in [7, 11) is 0. The molecule has 0 spiro atoms. The summed E-state index contributed by atoms with van der Waals surface area (Å²) in [5.41, 5.74) is 1.80. The predicted molar refractivity (Wildman–Crippen MR) is 31.4 cm³/mol. The van der Waals surface area contributed by atoms with Gasteiger partial charge in [0.05, 0.1) is 0 Å². The van der Waals surface area contributed by atoms with Gasteiger partial charge in [0.1, 0.15) is 0 Å². The van der Waals surface area contributed by atoms with Crippen molar-refractivity contribution in [2.75, 3.05) is 0 Å². The lowest BCUT2D eigenvalue weighted by Crippen LogP contribution is -2.21. The number of rotatable bonds is 4. The Morgan fingerprint density at radius 2 is 2.44 bits per heavy atom. The number of carbonyl (C=O) groups is 1. The Labute approximate surface area is 53.7 Å². The Balaban J connectivity index is 3.06. The van der Waals surface area contributed by atoms with E-state index in [-0.39, 0.29) is 5.91 Å². The van der Waals surface area contributed by atoms with E-state index in [1.165, 1.54) is 0 Å². The molecule has 0 aromatic heterocycles. The maximum absolute atomic E-state index is 10.4. The molecular formula is C5H11NO3. The smallest absolute Gasteiger partial charge is 0.245 e. The Morgan fingerprint density at radius 1 is 1.78 bits per heavy atom. The standard InChI is InChI=1S/C5H11NO3/c1-2-3-4-5(7)6-9-8/h8H,2-4H2,1H3,(H,6,7). The topological polar surface area (TPSA) is 58.6 Å². The zero-order valence-corrected chi connectivity index (χ0v) is 5.39. The molecule has 0 fully saturated rings. The molecule has 0 saturated heterocycles. The molecule has 0 aliphatic rings. The molecule has 4 heteroatoms. The summed E-state index contributed by atoms with van der Waals surface area (Å²) in [5.74, 6) is -0.292. The number of unbranched alkanes of at least 4 members (excludes halogenated alkanes) is 1. The summed E-state index contributed by atoms with van der Waals surface area (Å²) in [6.07, 6.45) is 2.17. The number of amides is 1. The SMILES string of the molecule is CCCCC(=O)NOO. The molecule has 0 saturated carbocycles. The third kappa shape index (κ3) is 5.26. The molecule has 0 aliphatic heterocycles. The van der Waals surface area contributed by atoms with Gasteiger partial charge in [0.15, 0.2) is 0 Å². The van der Waals surface area contributed by atoms with E-state index in [1.54, 1.807) is 5.48 Å². The maximum Gasteiger partial charge on any atom is 0.245 e. The van der Waals surface area contributed by atoms with Crippen LogP contribution in [0.4, 0.5) is 0 Å². The first-order valence-electron chi connectivity index (χ1n) is 2.90. The van der Waals surface area contributed by atoms with Crippen LogP contribution < -0.4 is 5.48 Å². The van der Waals surface area contributed by atoms with Gasteiger partial charge < -0.3 is 0 Å². The Kier molecular flexibility index (Phi) is 5.15. The quantitative estimate of drug-likeness (QED) is 0.438. The lowest BCUT2D eigenvalue weighted by Gasteiger charge is -1.96. The zero-order chi connectivity index (χ0) is 7.11. The minimum Gasteiger partial charge on any atom is -0.273 e. The lowest BCUT2D eigenvalue weighted by molar-refractivity contribution is -0.284. The van der Waals surface area contributed by atoms with Crippen molar-refractivity contribution in [3.63, 3.8) is 0 Å². The van der Waals surface area contributed by atoms with Gasteiger partial charge in [-0.2, -0.15) is 0 Å².